The van der Waals surface area contributed by atoms with Crippen molar-refractivity contribution in [2.75, 3.05) is 13.6 Å². The zero-order chi connectivity index (χ0) is 13.2. The molecule has 0 radical (unpaired) electrons. The zero-order valence-corrected chi connectivity index (χ0v) is 11.7. The number of H-pyrrole nitrogens is 1. The van der Waals surface area contributed by atoms with Gasteiger partial charge in [-0.2, -0.15) is 0 Å². The van der Waals surface area contributed by atoms with Crippen LogP contribution in [-0.2, 0) is 0 Å². The molecular formula is C15H20BN3. The van der Waals surface area contributed by atoms with Crippen LogP contribution in [0.4, 0.5) is 0 Å². The van der Waals surface area contributed by atoms with Crippen molar-refractivity contribution in [3.63, 3.8) is 0 Å². The first-order chi connectivity index (χ1) is 9.24. The highest BCUT2D eigenvalue weighted by molar-refractivity contribution is 6.32. The van der Waals surface area contributed by atoms with E-state index < -0.39 is 0 Å². The van der Waals surface area contributed by atoms with Crippen molar-refractivity contribution in [3.05, 3.63) is 36.3 Å². The second kappa shape index (κ2) is 5.21. The van der Waals surface area contributed by atoms with E-state index in [2.05, 4.69) is 49.0 Å². The number of hydrogen-bond donors (Lipinski definition) is 1. The number of aromatic amines is 1. The minimum absolute atomic E-state index is 0.452. The summed E-state index contributed by atoms with van der Waals surface area (Å²) in [7, 11) is 4.30. The van der Waals surface area contributed by atoms with Gasteiger partial charge in [0.05, 0.1) is 11.7 Å². The van der Waals surface area contributed by atoms with E-state index in [0.717, 1.165) is 11.5 Å². The third-order valence-corrected chi connectivity index (χ3v) is 4.03. The second-order valence-corrected chi connectivity index (χ2v) is 5.53. The fourth-order valence-electron chi connectivity index (χ4n) is 2.80. The Morgan fingerprint density at radius 3 is 2.79 bits per heavy atom. The first kappa shape index (κ1) is 12.5. The van der Waals surface area contributed by atoms with Crippen molar-refractivity contribution in [1.82, 2.24) is 14.9 Å². The van der Waals surface area contributed by atoms with Gasteiger partial charge in [-0.25, -0.2) is 4.98 Å². The average molecular weight is 253 g/mol. The molecule has 4 heteroatoms. The number of rotatable bonds is 2. The minimum Gasteiger partial charge on any atom is -0.347 e. The standard InChI is InChI=1S/C15H20BN3/c1-19-9-3-2-4-14(19)15-17-10-13(18-15)11-5-7-12(16)8-6-11/h5-8,10,14H,2-4,9,16H2,1H3,(H,17,18). The van der Waals surface area contributed by atoms with E-state index >= 15 is 0 Å². The molecule has 1 saturated heterocycles. The average Bonchev–Trinajstić information content (AvgIpc) is 2.89. The molecular weight excluding hydrogens is 233 g/mol. The van der Waals surface area contributed by atoms with Gasteiger partial charge in [-0.15, -0.1) is 0 Å². The molecule has 19 heavy (non-hydrogen) atoms. The van der Waals surface area contributed by atoms with Gasteiger partial charge in [0.15, 0.2) is 0 Å². The molecule has 0 spiro atoms. The van der Waals surface area contributed by atoms with Crippen molar-refractivity contribution in [3.8, 4) is 11.3 Å². The van der Waals surface area contributed by atoms with Crippen LogP contribution < -0.4 is 5.46 Å². The van der Waals surface area contributed by atoms with E-state index in [1.165, 1.54) is 36.8 Å². The molecule has 0 aliphatic carbocycles. The van der Waals surface area contributed by atoms with Crippen molar-refractivity contribution in [2.24, 2.45) is 0 Å². The van der Waals surface area contributed by atoms with Crippen LogP contribution in [0.3, 0.4) is 0 Å². The Kier molecular flexibility index (Phi) is 3.43. The fourth-order valence-corrected chi connectivity index (χ4v) is 2.80. The van der Waals surface area contributed by atoms with Crippen LogP contribution in [0.25, 0.3) is 11.3 Å². The van der Waals surface area contributed by atoms with Gasteiger partial charge >= 0.3 is 0 Å². The smallest absolute Gasteiger partial charge is 0.139 e. The number of nitrogens with zero attached hydrogens (tertiary/aromatic N) is 2. The molecule has 1 atom stereocenters. The van der Waals surface area contributed by atoms with Crippen LogP contribution in [0, 0.1) is 0 Å². The molecule has 1 unspecified atom stereocenters. The van der Waals surface area contributed by atoms with Gasteiger partial charge in [0, 0.05) is 11.8 Å². The summed E-state index contributed by atoms with van der Waals surface area (Å²) >= 11 is 0. The first-order valence-electron chi connectivity index (χ1n) is 7.06. The molecule has 1 fully saturated rings. The molecule has 2 heterocycles. The number of hydrogen-bond acceptors (Lipinski definition) is 2. The minimum atomic E-state index is 0.452. The molecule has 1 aromatic heterocycles. The summed E-state index contributed by atoms with van der Waals surface area (Å²) in [6.07, 6.45) is 5.84. The lowest BCUT2D eigenvalue weighted by Gasteiger charge is -2.30. The molecule has 0 amide bonds. The number of nitrogens with one attached hydrogen (secondary N) is 1. The third kappa shape index (κ3) is 2.59. The van der Waals surface area contributed by atoms with Crippen molar-refractivity contribution < 1.29 is 0 Å². The lowest BCUT2D eigenvalue weighted by molar-refractivity contribution is 0.180. The summed E-state index contributed by atoms with van der Waals surface area (Å²) in [5.41, 5.74) is 3.52. The topological polar surface area (TPSA) is 31.9 Å². The Morgan fingerprint density at radius 2 is 2.05 bits per heavy atom. The highest BCUT2D eigenvalue weighted by Crippen LogP contribution is 2.28. The number of piperidine rings is 1. The maximum atomic E-state index is 4.79. The summed E-state index contributed by atoms with van der Waals surface area (Å²) < 4.78 is 0. The normalized spacial score (nSPS) is 20.6. The lowest BCUT2D eigenvalue weighted by Crippen LogP contribution is -2.30. The quantitative estimate of drug-likeness (QED) is 0.822. The summed E-state index contributed by atoms with van der Waals surface area (Å²) in [5.74, 6) is 1.11. The highest BCUT2D eigenvalue weighted by atomic mass is 15.2. The maximum Gasteiger partial charge on any atom is 0.139 e. The molecule has 1 N–H and O–H groups in total. The van der Waals surface area contributed by atoms with Crippen LogP contribution in [0.2, 0.25) is 0 Å². The van der Waals surface area contributed by atoms with Gasteiger partial charge in [-0.1, -0.05) is 36.1 Å². The lowest BCUT2D eigenvalue weighted by atomic mass is 9.95. The predicted octanol–water partition coefficient (Wildman–Crippen LogP) is 1.49. The summed E-state index contributed by atoms with van der Waals surface area (Å²) in [5, 5.41) is 0. The molecule has 0 bridgehead atoms. The summed E-state index contributed by atoms with van der Waals surface area (Å²) in [4.78, 5) is 10.6. The first-order valence-corrected chi connectivity index (χ1v) is 7.06. The summed E-state index contributed by atoms with van der Waals surface area (Å²) in [6.45, 7) is 1.17. The van der Waals surface area contributed by atoms with Crippen molar-refractivity contribution in [1.29, 1.82) is 0 Å². The number of imidazole rings is 1. The van der Waals surface area contributed by atoms with E-state index in [0.29, 0.717) is 6.04 Å². The van der Waals surface area contributed by atoms with E-state index in [4.69, 9.17) is 4.98 Å². The number of aromatic nitrogens is 2. The van der Waals surface area contributed by atoms with Crippen LogP contribution in [-0.4, -0.2) is 36.3 Å². The number of likely N-dealkylation sites (tertiary alicyclic amines) is 1. The summed E-state index contributed by atoms with van der Waals surface area (Å²) in [6, 6.07) is 9.00. The molecule has 98 valence electrons. The molecule has 1 aromatic carbocycles. The van der Waals surface area contributed by atoms with Gasteiger partial charge in [0.1, 0.15) is 13.7 Å². The Morgan fingerprint density at radius 1 is 1.26 bits per heavy atom. The number of benzene rings is 1. The Labute approximate surface area is 115 Å². The molecule has 3 nitrogen and oxygen atoms in total. The van der Waals surface area contributed by atoms with Gasteiger partial charge < -0.3 is 4.98 Å². The largest absolute Gasteiger partial charge is 0.347 e. The van der Waals surface area contributed by atoms with Gasteiger partial charge in [0.25, 0.3) is 0 Å². The predicted molar refractivity (Wildman–Crippen MR) is 81.4 cm³/mol. The van der Waals surface area contributed by atoms with Crippen molar-refractivity contribution in [2.45, 2.75) is 25.3 Å². The second-order valence-electron chi connectivity index (χ2n) is 5.53. The van der Waals surface area contributed by atoms with Crippen LogP contribution in [0.15, 0.2) is 30.5 Å². The van der Waals surface area contributed by atoms with Crippen LogP contribution in [0.1, 0.15) is 31.1 Å². The monoisotopic (exact) mass is 253 g/mol. The highest BCUT2D eigenvalue weighted by Gasteiger charge is 2.23. The third-order valence-electron chi connectivity index (χ3n) is 4.03. The molecule has 1 aliphatic rings. The Hall–Kier alpha value is -1.55. The van der Waals surface area contributed by atoms with Crippen LogP contribution in [0.5, 0.6) is 0 Å². The molecule has 1 aliphatic heterocycles. The molecule has 0 saturated carbocycles. The van der Waals surface area contributed by atoms with Gasteiger partial charge in [-0.05, 0) is 26.4 Å². The van der Waals surface area contributed by atoms with Crippen molar-refractivity contribution >= 4 is 13.3 Å². The SMILES string of the molecule is Bc1ccc(-c2c[nH]c(C3CCCCN3C)n2)cc1. The van der Waals surface area contributed by atoms with Gasteiger partial charge in [0.2, 0.25) is 0 Å². The fraction of sp³-hybridized carbons (Fsp3) is 0.400. The van der Waals surface area contributed by atoms with E-state index in [1.54, 1.807) is 0 Å². The Balaban J connectivity index is 1.84. The maximum absolute atomic E-state index is 4.79. The zero-order valence-electron chi connectivity index (χ0n) is 11.7. The Bertz CT molecular complexity index is 547. The van der Waals surface area contributed by atoms with Gasteiger partial charge in [-0.3, -0.25) is 4.90 Å². The van der Waals surface area contributed by atoms with E-state index in [1.807, 2.05) is 6.20 Å². The molecule has 2 aromatic rings. The van der Waals surface area contributed by atoms with E-state index in [-0.39, 0.29) is 0 Å². The van der Waals surface area contributed by atoms with E-state index in [9.17, 15) is 0 Å². The van der Waals surface area contributed by atoms with Crippen LogP contribution >= 0.6 is 0 Å². The molecule has 3 rings (SSSR count).